The third-order valence-electron chi connectivity index (χ3n) is 3.70. The maximum absolute atomic E-state index is 9.13. The van der Waals surface area contributed by atoms with Gasteiger partial charge in [-0.15, -0.1) is 24.0 Å². The number of aliphatic hydroxyl groups is 1. The van der Waals surface area contributed by atoms with E-state index in [0.717, 1.165) is 57.8 Å². The first-order valence-electron chi connectivity index (χ1n) is 8.81. The Morgan fingerprint density at radius 2 is 2.12 bits per heavy atom. The lowest BCUT2D eigenvalue weighted by Crippen LogP contribution is -2.38. The van der Waals surface area contributed by atoms with Crippen molar-refractivity contribution in [3.8, 4) is 0 Å². The molecule has 1 atom stereocenters. The number of aliphatic hydroxyl groups excluding tert-OH is 1. The lowest BCUT2D eigenvalue weighted by atomic mass is 10.0. The molecular weight excluding hydrogens is 417 g/mol. The summed E-state index contributed by atoms with van der Waals surface area (Å²) in [4.78, 5) is 4.66. The van der Waals surface area contributed by atoms with E-state index in [1.165, 1.54) is 5.56 Å². The van der Waals surface area contributed by atoms with Gasteiger partial charge >= 0.3 is 0 Å². The third-order valence-corrected chi connectivity index (χ3v) is 3.70. The van der Waals surface area contributed by atoms with Crippen LogP contribution in [0.5, 0.6) is 0 Å². The Morgan fingerprint density at radius 3 is 2.71 bits per heavy atom. The summed E-state index contributed by atoms with van der Waals surface area (Å²) in [6, 6.07) is 0. The highest BCUT2D eigenvalue weighted by Crippen LogP contribution is 2.10. The topological polar surface area (TPSA) is 74.5 Å². The predicted octanol–water partition coefficient (Wildman–Crippen LogP) is 2.55. The SMILES string of the molecule is CCCC(CCO)CN=C(NCC)NCCCn1cc(C)cn1.I. The van der Waals surface area contributed by atoms with Gasteiger partial charge < -0.3 is 15.7 Å². The van der Waals surface area contributed by atoms with Crippen LogP contribution in [0.3, 0.4) is 0 Å². The number of aliphatic imine (C=N–C) groups is 1. The minimum atomic E-state index is 0. The molecule has 7 heteroatoms. The quantitative estimate of drug-likeness (QED) is 0.209. The molecule has 0 radical (unpaired) electrons. The fourth-order valence-corrected chi connectivity index (χ4v) is 2.52. The molecule has 0 aromatic carbocycles. The van der Waals surface area contributed by atoms with Gasteiger partial charge in [-0.05, 0) is 44.6 Å². The first kappa shape index (κ1) is 23.2. The maximum Gasteiger partial charge on any atom is 0.191 e. The van der Waals surface area contributed by atoms with Gasteiger partial charge in [0, 0.05) is 39.0 Å². The van der Waals surface area contributed by atoms with Crippen LogP contribution in [0.25, 0.3) is 0 Å². The van der Waals surface area contributed by atoms with Crippen LogP contribution < -0.4 is 10.6 Å². The van der Waals surface area contributed by atoms with Crippen LogP contribution in [0.1, 0.15) is 45.1 Å². The van der Waals surface area contributed by atoms with Gasteiger partial charge in [0.2, 0.25) is 0 Å². The van der Waals surface area contributed by atoms with Gasteiger partial charge in [-0.1, -0.05) is 13.3 Å². The average molecular weight is 451 g/mol. The summed E-state index contributed by atoms with van der Waals surface area (Å²) in [6.07, 6.45) is 8.02. The zero-order valence-corrected chi connectivity index (χ0v) is 17.6. The molecule has 0 spiro atoms. The molecular formula is C17H34IN5O. The molecule has 0 saturated carbocycles. The molecule has 0 saturated heterocycles. The lowest BCUT2D eigenvalue weighted by molar-refractivity contribution is 0.253. The summed E-state index contributed by atoms with van der Waals surface area (Å²) in [7, 11) is 0. The Bertz CT molecular complexity index is 444. The van der Waals surface area contributed by atoms with Crippen molar-refractivity contribution < 1.29 is 5.11 Å². The molecule has 0 aliphatic heterocycles. The van der Waals surface area contributed by atoms with Crippen molar-refractivity contribution >= 4 is 29.9 Å². The summed E-state index contributed by atoms with van der Waals surface area (Å²) >= 11 is 0. The van der Waals surface area contributed by atoms with Gasteiger partial charge in [-0.3, -0.25) is 9.67 Å². The zero-order chi connectivity index (χ0) is 16.9. The molecule has 0 fully saturated rings. The van der Waals surface area contributed by atoms with Crippen LogP contribution in [-0.2, 0) is 6.54 Å². The van der Waals surface area contributed by atoms with Gasteiger partial charge in [-0.25, -0.2) is 0 Å². The van der Waals surface area contributed by atoms with Crippen LogP contribution in [0.15, 0.2) is 17.4 Å². The molecule has 6 nitrogen and oxygen atoms in total. The first-order chi connectivity index (χ1) is 11.2. The number of rotatable bonds is 11. The second-order valence-corrected chi connectivity index (χ2v) is 5.95. The Hall–Kier alpha value is -0.830. The molecule has 0 aliphatic carbocycles. The maximum atomic E-state index is 9.13. The molecule has 0 bridgehead atoms. The van der Waals surface area contributed by atoms with Crippen molar-refractivity contribution in [2.24, 2.45) is 10.9 Å². The van der Waals surface area contributed by atoms with Crippen LogP contribution >= 0.6 is 24.0 Å². The number of hydrogen-bond donors (Lipinski definition) is 3. The number of guanidine groups is 1. The van der Waals surface area contributed by atoms with Crippen LogP contribution in [0.4, 0.5) is 0 Å². The largest absolute Gasteiger partial charge is 0.396 e. The minimum Gasteiger partial charge on any atom is -0.396 e. The van der Waals surface area contributed by atoms with E-state index in [9.17, 15) is 0 Å². The van der Waals surface area contributed by atoms with Crippen LogP contribution in [0.2, 0.25) is 0 Å². The van der Waals surface area contributed by atoms with Crippen LogP contribution in [-0.4, -0.2) is 47.1 Å². The van der Waals surface area contributed by atoms with Gasteiger partial charge in [0.05, 0.1) is 6.20 Å². The summed E-state index contributed by atoms with van der Waals surface area (Å²) in [5.74, 6) is 1.33. The smallest absolute Gasteiger partial charge is 0.191 e. The van der Waals surface area contributed by atoms with E-state index in [0.29, 0.717) is 5.92 Å². The predicted molar refractivity (Wildman–Crippen MR) is 111 cm³/mol. The molecule has 24 heavy (non-hydrogen) atoms. The van der Waals surface area contributed by atoms with Gasteiger partial charge in [0.1, 0.15) is 0 Å². The van der Waals surface area contributed by atoms with Crippen molar-refractivity contribution in [2.45, 2.75) is 53.0 Å². The minimum absolute atomic E-state index is 0. The molecule has 1 heterocycles. The zero-order valence-electron chi connectivity index (χ0n) is 15.3. The number of hydrogen-bond acceptors (Lipinski definition) is 3. The molecule has 1 aromatic heterocycles. The van der Waals surface area contributed by atoms with E-state index in [1.807, 2.05) is 10.9 Å². The molecule has 140 valence electrons. The van der Waals surface area contributed by atoms with Gasteiger partial charge in [0.15, 0.2) is 5.96 Å². The van der Waals surface area contributed by atoms with Crippen molar-refractivity contribution in [3.05, 3.63) is 18.0 Å². The molecule has 1 unspecified atom stereocenters. The summed E-state index contributed by atoms with van der Waals surface area (Å²) in [5.41, 5.74) is 1.19. The summed E-state index contributed by atoms with van der Waals surface area (Å²) in [5, 5.41) is 20.1. The first-order valence-corrected chi connectivity index (χ1v) is 8.81. The Balaban J connectivity index is 0.00000529. The number of aryl methyl sites for hydroxylation is 2. The highest BCUT2D eigenvalue weighted by atomic mass is 127. The molecule has 0 amide bonds. The molecule has 3 N–H and O–H groups in total. The lowest BCUT2D eigenvalue weighted by Gasteiger charge is -2.15. The standard InChI is InChI=1S/C17H33N5O.HI/c1-4-7-16(8-11-23)13-20-17(18-5-2)19-9-6-10-22-14-15(3)12-21-22;/h12,14,16,23H,4-11,13H2,1-3H3,(H2,18,19,20);1H. The highest BCUT2D eigenvalue weighted by molar-refractivity contribution is 14.0. The van der Waals surface area contributed by atoms with Crippen molar-refractivity contribution in [1.29, 1.82) is 0 Å². The number of halogens is 1. The van der Waals surface area contributed by atoms with E-state index in [-0.39, 0.29) is 30.6 Å². The number of nitrogens with one attached hydrogen (secondary N) is 2. The molecule has 0 aliphatic rings. The van der Waals surface area contributed by atoms with E-state index in [2.05, 4.69) is 47.7 Å². The van der Waals surface area contributed by atoms with Crippen LogP contribution in [0, 0.1) is 12.8 Å². The summed E-state index contributed by atoms with van der Waals surface area (Å²) in [6.45, 7) is 9.93. The van der Waals surface area contributed by atoms with Gasteiger partial charge in [0.25, 0.3) is 0 Å². The fraction of sp³-hybridized carbons (Fsp3) is 0.765. The normalized spacial score (nSPS) is 12.6. The van der Waals surface area contributed by atoms with Crippen molar-refractivity contribution in [3.63, 3.8) is 0 Å². The number of aromatic nitrogens is 2. The average Bonchev–Trinajstić information content (AvgIpc) is 2.94. The van der Waals surface area contributed by atoms with E-state index < -0.39 is 0 Å². The Labute approximate surface area is 163 Å². The van der Waals surface area contributed by atoms with Crippen molar-refractivity contribution in [1.82, 2.24) is 20.4 Å². The molecule has 1 rings (SSSR count). The Morgan fingerprint density at radius 1 is 1.33 bits per heavy atom. The van der Waals surface area contributed by atoms with E-state index in [4.69, 9.17) is 5.11 Å². The third kappa shape index (κ3) is 10.1. The van der Waals surface area contributed by atoms with E-state index >= 15 is 0 Å². The number of nitrogens with zero attached hydrogens (tertiary/aromatic N) is 3. The summed E-state index contributed by atoms with van der Waals surface area (Å²) < 4.78 is 1.97. The monoisotopic (exact) mass is 451 g/mol. The van der Waals surface area contributed by atoms with E-state index in [1.54, 1.807) is 0 Å². The highest BCUT2D eigenvalue weighted by Gasteiger charge is 2.07. The van der Waals surface area contributed by atoms with Crippen molar-refractivity contribution in [2.75, 3.05) is 26.2 Å². The molecule has 1 aromatic rings. The second-order valence-electron chi connectivity index (χ2n) is 5.95. The second kappa shape index (κ2) is 14.5. The Kier molecular flexibility index (Phi) is 14.0. The van der Waals surface area contributed by atoms with Gasteiger partial charge in [-0.2, -0.15) is 5.10 Å². The fourth-order valence-electron chi connectivity index (χ4n) is 2.52.